The minimum absolute atomic E-state index is 0.0373. The van der Waals surface area contributed by atoms with Crippen molar-refractivity contribution >= 4 is 6.08 Å². The number of hydrogen-bond donors (Lipinski definition) is 3. The highest BCUT2D eigenvalue weighted by Crippen LogP contribution is 2.44. The monoisotopic (exact) mass is 354 g/mol. The van der Waals surface area contributed by atoms with Crippen LogP contribution in [0.25, 0.3) is 17.2 Å². The zero-order valence-corrected chi connectivity index (χ0v) is 16.8. The van der Waals surface area contributed by atoms with Gasteiger partial charge in [0.1, 0.15) is 11.5 Å². The van der Waals surface area contributed by atoms with Gasteiger partial charge >= 0.3 is 0 Å². The molecule has 0 saturated heterocycles. The van der Waals surface area contributed by atoms with E-state index in [0.717, 1.165) is 5.56 Å². The van der Waals surface area contributed by atoms with Crippen molar-refractivity contribution in [1.82, 2.24) is 0 Å². The summed E-state index contributed by atoms with van der Waals surface area (Å²) in [5.41, 5.74) is 3.41. The first-order chi connectivity index (χ1) is 11.8. The number of phenols is 2. The van der Waals surface area contributed by atoms with E-state index in [-0.39, 0.29) is 16.9 Å². The fraction of sp³-hybridized carbons (Fsp3) is 0.391. The summed E-state index contributed by atoms with van der Waals surface area (Å²) in [6.07, 6.45) is 3.29. The summed E-state index contributed by atoms with van der Waals surface area (Å²) in [4.78, 5) is 0. The second kappa shape index (κ2) is 6.81. The summed E-state index contributed by atoms with van der Waals surface area (Å²) in [5.74, 6) is 0.273. The van der Waals surface area contributed by atoms with Gasteiger partial charge in [-0.05, 0) is 55.4 Å². The number of phenolic OH excluding ortho intramolecular Hbond substituents is 2. The molecular formula is C23H30O3. The lowest BCUT2D eigenvalue weighted by molar-refractivity contribution is 0.134. The molecule has 0 fully saturated rings. The summed E-state index contributed by atoms with van der Waals surface area (Å²) in [6, 6.07) is 8.02. The van der Waals surface area contributed by atoms with Crippen molar-refractivity contribution in [3.63, 3.8) is 0 Å². The van der Waals surface area contributed by atoms with Crippen LogP contribution in [0.3, 0.4) is 0 Å². The molecule has 3 heteroatoms. The van der Waals surface area contributed by atoms with Crippen molar-refractivity contribution < 1.29 is 15.3 Å². The number of aliphatic hydroxyl groups is 1. The molecule has 2 aromatic carbocycles. The third kappa shape index (κ3) is 4.10. The van der Waals surface area contributed by atoms with Crippen LogP contribution in [0, 0.1) is 13.8 Å². The number of hydrogen-bond acceptors (Lipinski definition) is 3. The fourth-order valence-electron chi connectivity index (χ4n) is 2.87. The topological polar surface area (TPSA) is 60.7 Å². The van der Waals surface area contributed by atoms with Crippen LogP contribution >= 0.6 is 0 Å². The Morgan fingerprint density at radius 1 is 0.808 bits per heavy atom. The molecule has 0 aliphatic carbocycles. The predicted molar refractivity (Wildman–Crippen MR) is 109 cm³/mol. The Kier molecular flexibility index (Phi) is 5.25. The van der Waals surface area contributed by atoms with Gasteiger partial charge in [-0.15, -0.1) is 0 Å². The molecule has 140 valence electrons. The minimum Gasteiger partial charge on any atom is -0.507 e. The highest BCUT2D eigenvalue weighted by Gasteiger charge is 2.21. The van der Waals surface area contributed by atoms with Crippen LogP contribution in [0.15, 0.2) is 30.3 Å². The van der Waals surface area contributed by atoms with Crippen molar-refractivity contribution in [3.8, 4) is 22.6 Å². The lowest BCUT2D eigenvalue weighted by atomic mass is 9.85. The third-order valence-electron chi connectivity index (χ3n) is 4.73. The van der Waals surface area contributed by atoms with Gasteiger partial charge in [-0.1, -0.05) is 57.2 Å². The molecule has 0 heterocycles. The molecule has 0 aliphatic rings. The fourth-order valence-corrected chi connectivity index (χ4v) is 2.87. The average molecular weight is 354 g/mol. The smallest absolute Gasteiger partial charge is 0.127 e. The van der Waals surface area contributed by atoms with Gasteiger partial charge in [-0.25, -0.2) is 0 Å². The van der Waals surface area contributed by atoms with Crippen molar-refractivity contribution in [2.75, 3.05) is 0 Å². The minimum atomic E-state index is -1.02. The van der Waals surface area contributed by atoms with Crippen LogP contribution in [0.1, 0.15) is 56.9 Å². The van der Waals surface area contributed by atoms with E-state index < -0.39 is 5.60 Å². The quantitative estimate of drug-likeness (QED) is 0.641. The Labute approximate surface area is 156 Å². The van der Waals surface area contributed by atoms with Gasteiger partial charge < -0.3 is 15.3 Å². The first-order valence-corrected chi connectivity index (χ1v) is 8.90. The molecule has 26 heavy (non-hydrogen) atoms. The molecule has 0 aliphatic heterocycles. The zero-order valence-electron chi connectivity index (χ0n) is 16.8. The third-order valence-corrected chi connectivity index (χ3v) is 4.73. The normalized spacial score (nSPS) is 12.8. The zero-order chi connectivity index (χ0) is 19.9. The summed E-state index contributed by atoms with van der Waals surface area (Å²) in [6.45, 7) is 13.4. The number of rotatable bonds is 3. The van der Waals surface area contributed by atoms with E-state index in [9.17, 15) is 15.3 Å². The van der Waals surface area contributed by atoms with Crippen LogP contribution in [-0.4, -0.2) is 20.9 Å². The molecule has 2 aromatic rings. The second-order valence-corrected chi connectivity index (χ2v) is 8.55. The van der Waals surface area contributed by atoms with Crippen LogP contribution in [0.5, 0.6) is 11.5 Å². The summed E-state index contributed by atoms with van der Waals surface area (Å²) in [7, 11) is 0. The molecule has 3 nitrogen and oxygen atoms in total. The van der Waals surface area contributed by atoms with Crippen molar-refractivity contribution in [2.24, 2.45) is 0 Å². The molecule has 0 radical (unpaired) electrons. The largest absolute Gasteiger partial charge is 0.507 e. The molecule has 0 atom stereocenters. The van der Waals surface area contributed by atoms with E-state index in [0.29, 0.717) is 22.3 Å². The molecule has 0 aromatic heterocycles. The van der Waals surface area contributed by atoms with Crippen LogP contribution < -0.4 is 0 Å². The Hall–Kier alpha value is -2.26. The van der Waals surface area contributed by atoms with Crippen molar-refractivity contribution in [3.05, 3.63) is 52.6 Å². The van der Waals surface area contributed by atoms with Crippen LogP contribution in [0.4, 0.5) is 0 Å². The van der Waals surface area contributed by atoms with Gasteiger partial charge in [0.05, 0.1) is 5.60 Å². The van der Waals surface area contributed by atoms with Gasteiger partial charge in [0.25, 0.3) is 0 Å². The predicted octanol–water partition coefficient (Wildman–Crippen LogP) is 5.46. The average Bonchev–Trinajstić information content (AvgIpc) is 2.53. The first kappa shape index (κ1) is 20.1. The maximum absolute atomic E-state index is 10.8. The Bertz CT molecular complexity index is 830. The Morgan fingerprint density at radius 2 is 1.31 bits per heavy atom. The first-order valence-electron chi connectivity index (χ1n) is 8.90. The lowest BCUT2D eigenvalue weighted by Crippen LogP contribution is -2.13. The van der Waals surface area contributed by atoms with Gasteiger partial charge in [0.2, 0.25) is 0 Å². The molecular weight excluding hydrogens is 324 g/mol. The van der Waals surface area contributed by atoms with Crippen LogP contribution in [-0.2, 0) is 5.41 Å². The summed E-state index contributed by atoms with van der Waals surface area (Å²) < 4.78 is 0. The molecule has 2 rings (SSSR count). The Balaban J connectivity index is 2.72. The number of aromatic hydroxyl groups is 2. The van der Waals surface area contributed by atoms with Gasteiger partial charge in [-0.3, -0.25) is 0 Å². The Morgan fingerprint density at radius 3 is 1.77 bits per heavy atom. The molecule has 0 bridgehead atoms. The lowest BCUT2D eigenvalue weighted by Gasteiger charge is -2.21. The standard InChI is InChI=1S/C23H30O3/c1-14-15(2)21(25)19(18(20(14)24)12-13-23(6,7)26)16-8-10-17(11-9-16)22(3,4)5/h8-13,24-26H,1-7H3. The van der Waals surface area contributed by atoms with E-state index in [1.165, 1.54) is 5.56 Å². The van der Waals surface area contributed by atoms with Gasteiger partial charge in [-0.2, -0.15) is 0 Å². The van der Waals surface area contributed by atoms with Gasteiger partial charge in [0, 0.05) is 11.1 Å². The van der Waals surface area contributed by atoms with E-state index in [2.05, 4.69) is 20.8 Å². The molecule has 0 amide bonds. The van der Waals surface area contributed by atoms with Crippen molar-refractivity contribution in [1.29, 1.82) is 0 Å². The second-order valence-electron chi connectivity index (χ2n) is 8.55. The molecule has 3 N–H and O–H groups in total. The maximum atomic E-state index is 10.8. The summed E-state index contributed by atoms with van der Waals surface area (Å²) in [5, 5.41) is 31.5. The molecule has 0 spiro atoms. The van der Waals surface area contributed by atoms with E-state index in [4.69, 9.17) is 0 Å². The molecule has 0 unspecified atom stereocenters. The van der Waals surface area contributed by atoms with E-state index in [1.807, 2.05) is 24.3 Å². The highest BCUT2D eigenvalue weighted by molar-refractivity contribution is 5.86. The molecule has 0 saturated carbocycles. The maximum Gasteiger partial charge on any atom is 0.127 e. The van der Waals surface area contributed by atoms with E-state index >= 15 is 0 Å². The number of benzene rings is 2. The van der Waals surface area contributed by atoms with E-state index in [1.54, 1.807) is 39.8 Å². The summed E-state index contributed by atoms with van der Waals surface area (Å²) >= 11 is 0. The van der Waals surface area contributed by atoms with Gasteiger partial charge in [0.15, 0.2) is 0 Å². The highest BCUT2D eigenvalue weighted by atomic mass is 16.3. The van der Waals surface area contributed by atoms with Crippen LogP contribution in [0.2, 0.25) is 0 Å². The SMILES string of the molecule is Cc1c(C)c(O)c(-c2ccc(C(C)(C)C)cc2)c(C=CC(C)(C)O)c1O. The van der Waals surface area contributed by atoms with Crippen molar-refractivity contribution in [2.45, 2.75) is 59.5 Å².